The number of rotatable bonds is 1. The van der Waals surface area contributed by atoms with Gasteiger partial charge in [-0.15, -0.1) is 0 Å². The van der Waals surface area contributed by atoms with Gasteiger partial charge in [0.1, 0.15) is 0 Å². The molecule has 47 valence electrons. The molecule has 0 unspecified atom stereocenters. The van der Waals surface area contributed by atoms with Crippen LogP contribution >= 0.6 is 11.6 Å². The minimum absolute atomic E-state index is 0.708. The second kappa shape index (κ2) is 2.83. The van der Waals surface area contributed by atoms with Gasteiger partial charge in [0.25, 0.3) is 0 Å². The molecule has 0 N–H and O–H groups in total. The summed E-state index contributed by atoms with van der Waals surface area (Å²) in [7, 11) is 0. The first-order valence-corrected chi connectivity index (χ1v) is 3.11. The van der Waals surface area contributed by atoms with E-state index in [4.69, 9.17) is 11.6 Å². The average Bonchev–Trinajstić information content (AvgIpc) is 1.89. The summed E-state index contributed by atoms with van der Waals surface area (Å²) in [6, 6.07) is 1.88. The van der Waals surface area contributed by atoms with Gasteiger partial charge in [0.15, 0.2) is 0 Å². The maximum absolute atomic E-state index is 5.73. The van der Waals surface area contributed by atoms with Gasteiger partial charge in [-0.05, 0) is 18.1 Å². The first-order valence-electron chi connectivity index (χ1n) is 2.73. The Balaban J connectivity index is 3.01. The van der Waals surface area contributed by atoms with Crippen molar-refractivity contribution < 1.29 is 0 Å². The van der Waals surface area contributed by atoms with E-state index in [1.807, 2.05) is 19.4 Å². The molecule has 0 aliphatic rings. The Hall–Kier alpha value is -0.560. The molecule has 0 aliphatic heterocycles. The van der Waals surface area contributed by atoms with Crippen LogP contribution in [0.25, 0.3) is 0 Å². The highest BCUT2D eigenvalue weighted by atomic mass is 35.5. The summed E-state index contributed by atoms with van der Waals surface area (Å²) < 4.78 is 0. The molecular formula is C7H7ClN. The first kappa shape index (κ1) is 6.56. The van der Waals surface area contributed by atoms with Crippen LogP contribution in [-0.4, -0.2) is 4.98 Å². The number of halogens is 1. The Morgan fingerprint density at radius 1 is 1.67 bits per heavy atom. The van der Waals surface area contributed by atoms with Crippen LogP contribution in [0.1, 0.15) is 12.5 Å². The zero-order chi connectivity index (χ0) is 6.69. The molecule has 1 radical (unpaired) electrons. The molecule has 0 amide bonds. The third-order valence-corrected chi connectivity index (χ3v) is 1.43. The van der Waals surface area contributed by atoms with Crippen LogP contribution in [0.2, 0.25) is 5.02 Å². The Bertz CT molecular complexity index is 198. The van der Waals surface area contributed by atoms with E-state index >= 15 is 0 Å². The normalized spacial score (nSPS) is 9.56. The fourth-order valence-electron chi connectivity index (χ4n) is 0.620. The van der Waals surface area contributed by atoms with E-state index in [0.717, 1.165) is 5.56 Å². The molecule has 0 spiro atoms. The molecule has 9 heavy (non-hydrogen) atoms. The van der Waals surface area contributed by atoms with Crippen molar-refractivity contribution in [3.05, 3.63) is 35.5 Å². The fraction of sp³-hybridized carbons (Fsp3) is 0.143. The molecule has 0 atom stereocenters. The highest BCUT2D eigenvalue weighted by molar-refractivity contribution is 6.31. The van der Waals surface area contributed by atoms with Gasteiger partial charge in [-0.1, -0.05) is 18.5 Å². The van der Waals surface area contributed by atoms with Gasteiger partial charge in [-0.2, -0.15) is 0 Å². The zero-order valence-electron chi connectivity index (χ0n) is 5.13. The van der Waals surface area contributed by atoms with Gasteiger partial charge in [-0.3, -0.25) is 4.98 Å². The summed E-state index contributed by atoms with van der Waals surface area (Å²) in [5, 5.41) is 0.708. The number of hydrogen-bond donors (Lipinski definition) is 0. The third kappa shape index (κ3) is 1.42. The van der Waals surface area contributed by atoms with Gasteiger partial charge >= 0.3 is 0 Å². The second-order valence-corrected chi connectivity index (χ2v) is 2.09. The maximum atomic E-state index is 5.73. The molecular weight excluding hydrogens is 134 g/mol. The largest absolute Gasteiger partial charge is 0.263 e. The van der Waals surface area contributed by atoms with E-state index in [1.165, 1.54) is 0 Å². The number of nitrogens with zero attached hydrogens (tertiary/aromatic N) is 1. The summed E-state index contributed by atoms with van der Waals surface area (Å²) in [4.78, 5) is 3.84. The predicted molar refractivity (Wildman–Crippen MR) is 38.3 cm³/mol. The molecule has 1 rings (SSSR count). The van der Waals surface area contributed by atoms with Gasteiger partial charge < -0.3 is 0 Å². The standard InChI is InChI=1S/C7H7ClN/c1-2-6-3-4-9-5-7(6)8/h2-5H,1H3. The molecule has 0 saturated heterocycles. The lowest BCUT2D eigenvalue weighted by Gasteiger charge is -1.95. The van der Waals surface area contributed by atoms with Crippen molar-refractivity contribution in [2.24, 2.45) is 0 Å². The maximum Gasteiger partial charge on any atom is 0.0624 e. The van der Waals surface area contributed by atoms with Gasteiger partial charge in [-0.25, -0.2) is 0 Å². The van der Waals surface area contributed by atoms with Crippen molar-refractivity contribution in [1.82, 2.24) is 4.98 Å². The van der Waals surface area contributed by atoms with Crippen LogP contribution in [0.15, 0.2) is 18.5 Å². The van der Waals surface area contributed by atoms with Crippen molar-refractivity contribution in [3.63, 3.8) is 0 Å². The minimum atomic E-state index is 0.708. The van der Waals surface area contributed by atoms with E-state index in [2.05, 4.69) is 4.98 Å². The van der Waals surface area contributed by atoms with Crippen LogP contribution < -0.4 is 0 Å². The smallest absolute Gasteiger partial charge is 0.0624 e. The first-order chi connectivity index (χ1) is 4.34. The average molecular weight is 141 g/mol. The summed E-state index contributed by atoms with van der Waals surface area (Å²) in [5.41, 5.74) is 1.03. The van der Waals surface area contributed by atoms with E-state index in [9.17, 15) is 0 Å². The van der Waals surface area contributed by atoms with Crippen molar-refractivity contribution in [3.8, 4) is 0 Å². The zero-order valence-corrected chi connectivity index (χ0v) is 5.89. The molecule has 0 saturated carbocycles. The van der Waals surface area contributed by atoms with Crippen LogP contribution in [0, 0.1) is 6.42 Å². The Morgan fingerprint density at radius 3 is 2.89 bits per heavy atom. The Labute approximate surface area is 59.7 Å². The summed E-state index contributed by atoms with van der Waals surface area (Å²) in [6.45, 7) is 1.95. The van der Waals surface area contributed by atoms with E-state index < -0.39 is 0 Å². The van der Waals surface area contributed by atoms with Crippen LogP contribution in [0.3, 0.4) is 0 Å². The summed E-state index contributed by atoms with van der Waals surface area (Å²) >= 11 is 5.73. The van der Waals surface area contributed by atoms with E-state index in [-0.39, 0.29) is 0 Å². The monoisotopic (exact) mass is 140 g/mol. The van der Waals surface area contributed by atoms with Crippen molar-refractivity contribution >= 4 is 11.6 Å². The minimum Gasteiger partial charge on any atom is -0.263 e. The number of pyridine rings is 1. The molecule has 1 aromatic rings. The van der Waals surface area contributed by atoms with Gasteiger partial charge in [0, 0.05) is 12.4 Å². The quantitative estimate of drug-likeness (QED) is 0.584. The topological polar surface area (TPSA) is 12.9 Å². The molecule has 1 nitrogen and oxygen atoms in total. The number of hydrogen-bond acceptors (Lipinski definition) is 1. The van der Waals surface area contributed by atoms with Gasteiger partial charge in [0.2, 0.25) is 0 Å². The van der Waals surface area contributed by atoms with Crippen molar-refractivity contribution in [2.75, 3.05) is 0 Å². The summed E-state index contributed by atoms with van der Waals surface area (Å²) in [5.74, 6) is 0. The lowest BCUT2D eigenvalue weighted by molar-refractivity contribution is 1.28. The fourth-order valence-corrected chi connectivity index (χ4v) is 0.849. The highest BCUT2D eigenvalue weighted by Gasteiger charge is 1.93. The van der Waals surface area contributed by atoms with Crippen LogP contribution in [0.4, 0.5) is 0 Å². The third-order valence-electron chi connectivity index (χ3n) is 1.11. The Kier molecular flexibility index (Phi) is 2.06. The van der Waals surface area contributed by atoms with Crippen LogP contribution in [-0.2, 0) is 0 Å². The van der Waals surface area contributed by atoms with Gasteiger partial charge in [0.05, 0.1) is 5.02 Å². The lowest BCUT2D eigenvalue weighted by atomic mass is 10.2. The number of aromatic nitrogens is 1. The van der Waals surface area contributed by atoms with E-state index in [0.29, 0.717) is 5.02 Å². The molecule has 0 bridgehead atoms. The summed E-state index contributed by atoms with van der Waals surface area (Å²) in [6.07, 6.45) is 5.31. The molecule has 1 aromatic heterocycles. The van der Waals surface area contributed by atoms with Crippen molar-refractivity contribution in [2.45, 2.75) is 6.92 Å². The molecule has 1 heterocycles. The molecule has 0 aromatic carbocycles. The molecule has 0 fully saturated rings. The molecule has 2 heteroatoms. The van der Waals surface area contributed by atoms with E-state index in [1.54, 1.807) is 12.4 Å². The SMILES string of the molecule is C[CH]c1ccncc1Cl. The van der Waals surface area contributed by atoms with Crippen molar-refractivity contribution in [1.29, 1.82) is 0 Å². The Morgan fingerprint density at radius 2 is 2.44 bits per heavy atom. The predicted octanol–water partition coefficient (Wildman–Crippen LogP) is 2.31. The highest BCUT2D eigenvalue weighted by Crippen LogP contribution is 2.13. The molecule has 0 aliphatic carbocycles. The van der Waals surface area contributed by atoms with Crippen LogP contribution in [0.5, 0.6) is 0 Å². The lowest BCUT2D eigenvalue weighted by Crippen LogP contribution is -1.79. The second-order valence-electron chi connectivity index (χ2n) is 1.69.